The van der Waals surface area contributed by atoms with Gasteiger partial charge in [-0.05, 0) is 142 Å². The third-order valence-corrected chi connectivity index (χ3v) is 12.2. The molecule has 0 aliphatic carbocycles. The molecule has 0 heterocycles. The minimum absolute atomic E-state index is 1.25. The first-order valence-corrected chi connectivity index (χ1v) is 18.3. The Morgan fingerprint density at radius 3 is 0.962 bits per heavy atom. The number of fused-ring (bicyclic) bond motifs is 9. The van der Waals surface area contributed by atoms with Crippen molar-refractivity contribution in [2.45, 2.75) is 0 Å². The second-order valence-electron chi connectivity index (χ2n) is 14.7. The summed E-state index contributed by atoms with van der Waals surface area (Å²) in [6, 6.07) is 64.1. The predicted molar refractivity (Wildman–Crippen MR) is 226 cm³/mol. The van der Waals surface area contributed by atoms with Gasteiger partial charge in [-0.15, -0.1) is 0 Å². The number of hydrogen-bond donors (Lipinski definition) is 0. The average molecular weight is 653 g/mol. The van der Waals surface area contributed by atoms with Gasteiger partial charge in [0, 0.05) is 0 Å². The van der Waals surface area contributed by atoms with Gasteiger partial charge in [-0.2, -0.15) is 0 Å². The molecule has 0 aliphatic rings. The van der Waals surface area contributed by atoms with Gasteiger partial charge in [0.05, 0.1) is 0 Å². The zero-order valence-corrected chi connectivity index (χ0v) is 28.2. The third kappa shape index (κ3) is 3.20. The Kier molecular flexibility index (Phi) is 4.94. The van der Waals surface area contributed by atoms with Crippen LogP contribution in [0.25, 0.3) is 130 Å². The van der Waals surface area contributed by atoms with Crippen molar-refractivity contribution in [3.63, 3.8) is 0 Å². The second-order valence-corrected chi connectivity index (χ2v) is 14.7. The van der Waals surface area contributed by atoms with Crippen molar-refractivity contribution in [3.05, 3.63) is 170 Å². The maximum atomic E-state index is 2.52. The zero-order chi connectivity index (χ0) is 33.7. The lowest BCUT2D eigenvalue weighted by molar-refractivity contribution is 1.68. The monoisotopic (exact) mass is 652 g/mol. The minimum Gasteiger partial charge on any atom is -0.0622 e. The van der Waals surface area contributed by atoms with Gasteiger partial charge in [-0.3, -0.25) is 0 Å². The number of hydrogen-bond acceptors (Lipinski definition) is 0. The molecule has 0 bridgehead atoms. The summed E-state index contributed by atoms with van der Waals surface area (Å²) in [5.41, 5.74) is 5.15. The van der Waals surface area contributed by atoms with Crippen LogP contribution in [0.4, 0.5) is 0 Å². The molecule has 0 aliphatic heterocycles. The Hall–Kier alpha value is -6.76. The molecule has 0 spiro atoms. The fourth-order valence-electron chi connectivity index (χ4n) is 10.3. The predicted octanol–water partition coefficient (Wildman–Crippen LogP) is 14.9. The summed E-state index contributed by atoms with van der Waals surface area (Å²) in [6.45, 7) is 0. The highest BCUT2D eigenvalue weighted by molar-refractivity contribution is 6.46. The fraction of sp³-hybridized carbons (Fsp3) is 0. The highest BCUT2D eigenvalue weighted by atomic mass is 14.3. The Balaban J connectivity index is 1.35. The Labute approximate surface area is 298 Å². The van der Waals surface area contributed by atoms with Crippen molar-refractivity contribution in [1.29, 1.82) is 0 Å². The van der Waals surface area contributed by atoms with E-state index >= 15 is 0 Å². The first-order valence-electron chi connectivity index (χ1n) is 18.3. The molecule has 0 atom stereocenters. The molecule has 0 radical (unpaired) electrons. The van der Waals surface area contributed by atoms with Crippen LogP contribution in [-0.4, -0.2) is 0 Å². The van der Waals surface area contributed by atoms with Crippen LogP contribution in [0.3, 0.4) is 0 Å². The van der Waals surface area contributed by atoms with Gasteiger partial charge in [0.1, 0.15) is 0 Å². The van der Waals surface area contributed by atoms with Crippen molar-refractivity contribution >= 4 is 108 Å². The highest BCUT2D eigenvalue weighted by Gasteiger charge is 2.26. The highest BCUT2D eigenvalue weighted by Crippen LogP contribution is 2.55. The van der Waals surface area contributed by atoms with E-state index in [1.54, 1.807) is 0 Å². The molecule has 52 heavy (non-hydrogen) atoms. The van der Waals surface area contributed by atoms with Crippen LogP contribution < -0.4 is 0 Å². The van der Waals surface area contributed by atoms with E-state index in [9.17, 15) is 0 Å². The standard InChI is InChI=1S/C52H28/c1-3-11-31(12-4-1)47-43-27-41-35-21-9-17-30-18-10-22-36(46(30)35)42(41)28-44(43)48(32-13-5-2-6-14-32)52-40-26-24-38-34-20-8-16-29-15-7-19-33(45(29)34)37-23-25-39(51(47)52)50(40)49(37)38/h1-28H. The SMILES string of the molecule is c1ccc(-c2c3cc4c(cc3c(-c3ccccc3)c3c5ccc6c7cccc8cccc(c9ccc(c23)c5c96)c87)c2cccc3cccc4c32)cc1. The van der Waals surface area contributed by atoms with Crippen molar-refractivity contribution in [1.82, 2.24) is 0 Å². The van der Waals surface area contributed by atoms with Gasteiger partial charge >= 0.3 is 0 Å². The van der Waals surface area contributed by atoms with E-state index < -0.39 is 0 Å². The topological polar surface area (TPSA) is 0 Å². The van der Waals surface area contributed by atoms with E-state index in [0.717, 1.165) is 0 Å². The van der Waals surface area contributed by atoms with E-state index in [-0.39, 0.29) is 0 Å². The molecule has 0 saturated carbocycles. The van der Waals surface area contributed by atoms with Crippen molar-refractivity contribution in [2.75, 3.05) is 0 Å². The van der Waals surface area contributed by atoms with Gasteiger partial charge in [0.15, 0.2) is 0 Å². The molecule has 13 aromatic rings. The summed E-state index contributed by atoms with van der Waals surface area (Å²) in [6.07, 6.45) is 0. The van der Waals surface area contributed by atoms with E-state index in [0.29, 0.717) is 0 Å². The van der Waals surface area contributed by atoms with Crippen LogP contribution in [0.15, 0.2) is 170 Å². The normalized spacial score (nSPS) is 12.6. The maximum absolute atomic E-state index is 2.52. The van der Waals surface area contributed by atoms with Gasteiger partial charge in [0.25, 0.3) is 0 Å². The first-order chi connectivity index (χ1) is 25.8. The molecular weight excluding hydrogens is 625 g/mol. The molecule has 13 aromatic carbocycles. The van der Waals surface area contributed by atoms with Gasteiger partial charge in [-0.1, -0.05) is 158 Å². The van der Waals surface area contributed by atoms with Gasteiger partial charge < -0.3 is 0 Å². The molecule has 0 nitrogen and oxygen atoms in total. The minimum atomic E-state index is 1.25. The molecule has 0 aromatic heterocycles. The molecule has 0 saturated heterocycles. The third-order valence-electron chi connectivity index (χ3n) is 12.2. The van der Waals surface area contributed by atoms with E-state index in [1.165, 1.54) is 130 Å². The number of benzene rings is 11. The smallest absolute Gasteiger partial charge is 0.000740 e. The summed E-state index contributed by atoms with van der Waals surface area (Å²) in [4.78, 5) is 0. The molecule has 0 heteroatoms. The molecule has 0 unspecified atom stereocenters. The lowest BCUT2D eigenvalue weighted by atomic mass is 9.85. The second kappa shape index (κ2) is 9.51. The Morgan fingerprint density at radius 1 is 0.192 bits per heavy atom. The van der Waals surface area contributed by atoms with Crippen molar-refractivity contribution in [3.8, 4) is 22.3 Å². The van der Waals surface area contributed by atoms with Crippen LogP contribution in [0.1, 0.15) is 0 Å². The van der Waals surface area contributed by atoms with Crippen molar-refractivity contribution in [2.24, 2.45) is 0 Å². The van der Waals surface area contributed by atoms with Crippen molar-refractivity contribution < 1.29 is 0 Å². The summed E-state index contributed by atoms with van der Waals surface area (Å²) in [5.74, 6) is 0. The summed E-state index contributed by atoms with van der Waals surface area (Å²) < 4.78 is 0. The Morgan fingerprint density at radius 2 is 0.538 bits per heavy atom. The molecule has 0 amide bonds. The lowest BCUT2D eigenvalue weighted by Crippen LogP contribution is -1.89. The summed E-state index contributed by atoms with van der Waals surface area (Å²) in [7, 11) is 0. The molecule has 0 N–H and O–H groups in total. The van der Waals surface area contributed by atoms with E-state index in [4.69, 9.17) is 0 Å². The average Bonchev–Trinajstić information content (AvgIpc) is 3.71. The lowest BCUT2D eigenvalue weighted by Gasteiger charge is -2.17. The summed E-state index contributed by atoms with van der Waals surface area (Å²) in [5, 5.41) is 26.7. The largest absolute Gasteiger partial charge is 0.0622 e. The fourth-order valence-corrected chi connectivity index (χ4v) is 10.3. The van der Waals surface area contributed by atoms with Crippen LogP contribution in [0.2, 0.25) is 0 Å². The molecule has 236 valence electrons. The summed E-state index contributed by atoms with van der Waals surface area (Å²) >= 11 is 0. The quantitative estimate of drug-likeness (QED) is 0.129. The zero-order valence-electron chi connectivity index (χ0n) is 28.2. The molecule has 0 fully saturated rings. The maximum Gasteiger partial charge on any atom is -0.000740 e. The van der Waals surface area contributed by atoms with E-state index in [1.807, 2.05) is 0 Å². The molecule has 13 rings (SSSR count). The first kappa shape index (κ1) is 27.0. The molecular formula is C52H28. The van der Waals surface area contributed by atoms with Crippen LogP contribution in [0.5, 0.6) is 0 Å². The van der Waals surface area contributed by atoms with Crippen LogP contribution in [-0.2, 0) is 0 Å². The van der Waals surface area contributed by atoms with Crippen LogP contribution in [0, 0.1) is 0 Å². The van der Waals surface area contributed by atoms with Crippen LogP contribution >= 0.6 is 0 Å². The Bertz CT molecular complexity index is 3370. The van der Waals surface area contributed by atoms with E-state index in [2.05, 4.69) is 170 Å². The number of rotatable bonds is 2. The van der Waals surface area contributed by atoms with Gasteiger partial charge in [-0.25, -0.2) is 0 Å². The van der Waals surface area contributed by atoms with Gasteiger partial charge in [0.2, 0.25) is 0 Å².